The lowest BCUT2D eigenvalue weighted by Gasteiger charge is -2.29. The third-order valence-corrected chi connectivity index (χ3v) is 5.05. The second kappa shape index (κ2) is 8.87. The lowest BCUT2D eigenvalue weighted by atomic mass is 10.1. The van der Waals surface area contributed by atoms with Gasteiger partial charge in [-0.15, -0.1) is 0 Å². The Kier molecular flexibility index (Phi) is 6.29. The van der Waals surface area contributed by atoms with Crippen molar-refractivity contribution in [3.63, 3.8) is 0 Å². The first-order valence-electron chi connectivity index (χ1n) is 9.39. The van der Waals surface area contributed by atoms with Crippen LogP contribution >= 0.6 is 12.2 Å². The molecule has 2 aromatic rings. The number of rotatable bonds is 6. The molecule has 0 radical (unpaired) electrons. The molecule has 1 fully saturated rings. The van der Waals surface area contributed by atoms with Crippen molar-refractivity contribution in [3.8, 4) is 5.75 Å². The first kappa shape index (κ1) is 20.5. The summed E-state index contributed by atoms with van der Waals surface area (Å²) in [6.07, 6.45) is 1.59. The predicted octanol–water partition coefficient (Wildman–Crippen LogP) is 3.37. The minimum atomic E-state index is -0.502. The number of thiocarbonyl (C=S) groups is 1. The summed E-state index contributed by atoms with van der Waals surface area (Å²) in [6, 6.07) is 14.7. The number of nitrogens with zero attached hydrogens (tertiary/aromatic N) is 2. The number of ether oxygens (including phenoxy) is 1. The van der Waals surface area contributed by atoms with E-state index in [9.17, 15) is 9.59 Å². The van der Waals surface area contributed by atoms with E-state index in [1.54, 1.807) is 37.5 Å². The van der Waals surface area contributed by atoms with Crippen molar-refractivity contribution in [2.45, 2.75) is 13.8 Å². The number of amides is 2. The minimum Gasteiger partial charge on any atom is -0.497 e. The molecule has 1 saturated heterocycles. The Morgan fingerprint density at radius 2 is 1.66 bits per heavy atom. The van der Waals surface area contributed by atoms with Crippen LogP contribution in [0.1, 0.15) is 19.4 Å². The molecule has 29 heavy (non-hydrogen) atoms. The second-order valence-corrected chi connectivity index (χ2v) is 6.81. The van der Waals surface area contributed by atoms with Crippen LogP contribution in [0.3, 0.4) is 0 Å². The van der Waals surface area contributed by atoms with E-state index in [2.05, 4.69) is 24.1 Å². The fourth-order valence-corrected chi connectivity index (χ4v) is 3.44. The molecular weight excluding hydrogens is 386 g/mol. The molecule has 1 N–H and O–H groups in total. The van der Waals surface area contributed by atoms with E-state index in [-0.39, 0.29) is 10.7 Å². The van der Waals surface area contributed by atoms with Crippen molar-refractivity contribution in [1.82, 2.24) is 5.32 Å². The maximum absolute atomic E-state index is 13.0. The molecule has 0 saturated carbocycles. The summed E-state index contributed by atoms with van der Waals surface area (Å²) in [5.74, 6) is -0.300. The Morgan fingerprint density at radius 1 is 1.03 bits per heavy atom. The van der Waals surface area contributed by atoms with Crippen LogP contribution in [0.25, 0.3) is 6.08 Å². The lowest BCUT2D eigenvalue weighted by Crippen LogP contribution is -2.54. The van der Waals surface area contributed by atoms with Gasteiger partial charge in [0, 0.05) is 18.8 Å². The number of hydrogen-bond donors (Lipinski definition) is 1. The van der Waals surface area contributed by atoms with Crippen LogP contribution in [0.15, 0.2) is 54.1 Å². The number of methoxy groups -OCH3 is 1. The number of carbonyl (C=O) groups is 2. The number of carbonyl (C=O) groups excluding carboxylic acids is 2. The Bertz CT molecular complexity index is 948. The molecule has 0 unspecified atom stereocenters. The summed E-state index contributed by atoms with van der Waals surface area (Å²) in [5, 5.41) is 2.65. The highest BCUT2D eigenvalue weighted by Crippen LogP contribution is 2.25. The van der Waals surface area contributed by atoms with E-state index in [0.29, 0.717) is 11.4 Å². The van der Waals surface area contributed by atoms with Crippen molar-refractivity contribution in [3.05, 3.63) is 59.7 Å². The zero-order chi connectivity index (χ0) is 21.0. The Morgan fingerprint density at radius 3 is 2.21 bits per heavy atom. The van der Waals surface area contributed by atoms with Gasteiger partial charge in [0.1, 0.15) is 11.3 Å². The first-order valence-corrected chi connectivity index (χ1v) is 9.79. The van der Waals surface area contributed by atoms with Gasteiger partial charge in [-0.25, -0.2) is 0 Å². The molecule has 0 bridgehead atoms. The highest BCUT2D eigenvalue weighted by Gasteiger charge is 2.34. The highest BCUT2D eigenvalue weighted by atomic mass is 32.1. The van der Waals surface area contributed by atoms with Crippen molar-refractivity contribution in [1.29, 1.82) is 0 Å². The fourth-order valence-electron chi connectivity index (χ4n) is 3.16. The Labute approximate surface area is 175 Å². The van der Waals surface area contributed by atoms with Crippen LogP contribution in [-0.2, 0) is 9.59 Å². The summed E-state index contributed by atoms with van der Waals surface area (Å²) in [4.78, 5) is 29.0. The zero-order valence-corrected chi connectivity index (χ0v) is 17.5. The van der Waals surface area contributed by atoms with Gasteiger partial charge in [0.15, 0.2) is 5.11 Å². The minimum absolute atomic E-state index is 0.0324. The van der Waals surface area contributed by atoms with Gasteiger partial charge in [0.25, 0.3) is 11.8 Å². The molecule has 0 spiro atoms. The largest absolute Gasteiger partial charge is 0.497 e. The van der Waals surface area contributed by atoms with Gasteiger partial charge < -0.3 is 9.64 Å². The average molecular weight is 410 g/mol. The molecule has 0 aliphatic carbocycles. The lowest BCUT2D eigenvalue weighted by molar-refractivity contribution is -0.122. The molecule has 1 aliphatic rings. The molecule has 0 aromatic heterocycles. The van der Waals surface area contributed by atoms with Gasteiger partial charge in [-0.2, -0.15) is 0 Å². The molecule has 2 aromatic carbocycles. The van der Waals surface area contributed by atoms with Gasteiger partial charge >= 0.3 is 0 Å². The van der Waals surface area contributed by atoms with Crippen LogP contribution < -0.4 is 19.9 Å². The van der Waals surface area contributed by atoms with Gasteiger partial charge in [0.05, 0.1) is 12.8 Å². The van der Waals surface area contributed by atoms with Crippen molar-refractivity contribution in [2.75, 3.05) is 30.0 Å². The summed E-state index contributed by atoms with van der Waals surface area (Å²) in [7, 11) is 1.57. The van der Waals surface area contributed by atoms with Gasteiger partial charge in [-0.05, 0) is 74.1 Å². The summed E-state index contributed by atoms with van der Waals surface area (Å²) in [6.45, 7) is 6.01. The molecule has 2 amide bonds. The van der Waals surface area contributed by atoms with E-state index >= 15 is 0 Å². The van der Waals surface area contributed by atoms with Gasteiger partial charge in [-0.1, -0.05) is 12.1 Å². The molecule has 3 rings (SSSR count). The molecule has 0 atom stereocenters. The van der Waals surface area contributed by atoms with Crippen LogP contribution in [0.5, 0.6) is 5.75 Å². The van der Waals surface area contributed by atoms with E-state index in [1.165, 1.54) is 4.90 Å². The van der Waals surface area contributed by atoms with Crippen molar-refractivity contribution < 1.29 is 14.3 Å². The summed E-state index contributed by atoms with van der Waals surface area (Å²) < 4.78 is 5.15. The maximum atomic E-state index is 13.0. The highest BCUT2D eigenvalue weighted by molar-refractivity contribution is 7.80. The number of anilines is 2. The van der Waals surface area contributed by atoms with Crippen LogP contribution in [0.2, 0.25) is 0 Å². The SMILES string of the molecule is CCN(CC)c1ccc(C=C2C(=O)NC(=S)N(c3ccc(OC)cc3)C2=O)cc1. The third kappa shape index (κ3) is 4.30. The third-order valence-electron chi connectivity index (χ3n) is 4.76. The molecule has 150 valence electrons. The van der Waals surface area contributed by atoms with Gasteiger partial charge in [-0.3, -0.25) is 19.8 Å². The summed E-state index contributed by atoms with van der Waals surface area (Å²) >= 11 is 5.22. The quantitative estimate of drug-likeness (QED) is 0.450. The number of hydrogen-bond acceptors (Lipinski definition) is 5. The normalized spacial score (nSPS) is 15.5. The predicted molar refractivity (Wildman–Crippen MR) is 119 cm³/mol. The fraction of sp³-hybridized carbons (Fsp3) is 0.227. The monoisotopic (exact) mass is 409 g/mol. The Balaban J connectivity index is 1.90. The molecule has 7 heteroatoms. The maximum Gasteiger partial charge on any atom is 0.270 e. The van der Waals surface area contributed by atoms with E-state index in [0.717, 1.165) is 24.3 Å². The van der Waals surface area contributed by atoms with E-state index in [4.69, 9.17) is 17.0 Å². The van der Waals surface area contributed by atoms with Crippen LogP contribution in [-0.4, -0.2) is 37.1 Å². The number of benzene rings is 2. The molecular formula is C22H23N3O3S. The second-order valence-electron chi connectivity index (χ2n) is 6.42. The van der Waals surface area contributed by atoms with Crippen LogP contribution in [0.4, 0.5) is 11.4 Å². The topological polar surface area (TPSA) is 61.9 Å². The molecule has 1 heterocycles. The van der Waals surface area contributed by atoms with E-state index < -0.39 is 11.8 Å². The zero-order valence-electron chi connectivity index (χ0n) is 16.6. The number of nitrogens with one attached hydrogen (secondary N) is 1. The molecule has 1 aliphatic heterocycles. The van der Waals surface area contributed by atoms with Gasteiger partial charge in [0.2, 0.25) is 0 Å². The van der Waals surface area contributed by atoms with Crippen molar-refractivity contribution in [2.24, 2.45) is 0 Å². The standard InChI is InChI=1S/C22H23N3O3S/c1-4-24(5-2)16-8-6-15(7-9-16)14-19-20(26)23-22(29)25(21(19)27)17-10-12-18(28-3)13-11-17/h6-14H,4-5H2,1-3H3,(H,23,26,29). The van der Waals surface area contributed by atoms with Crippen LogP contribution in [0, 0.1) is 0 Å². The first-order chi connectivity index (χ1) is 14.0. The smallest absolute Gasteiger partial charge is 0.270 e. The van der Waals surface area contributed by atoms with E-state index in [1.807, 2.05) is 24.3 Å². The Hall–Kier alpha value is -3.19. The summed E-state index contributed by atoms with van der Waals surface area (Å²) in [5.41, 5.74) is 2.45. The average Bonchev–Trinajstić information content (AvgIpc) is 2.73. The molecule has 6 nitrogen and oxygen atoms in total. The van der Waals surface area contributed by atoms with Crippen molar-refractivity contribution >= 4 is 46.6 Å².